The van der Waals surface area contributed by atoms with E-state index in [9.17, 15) is 4.79 Å². The average molecular weight is 319 g/mol. The molecule has 1 aromatic rings. The molecule has 2 N–H and O–H groups in total. The molecule has 0 aliphatic heterocycles. The van der Waals surface area contributed by atoms with E-state index in [1.54, 1.807) is 19.0 Å². The zero-order valence-electron chi connectivity index (χ0n) is 10.2. The van der Waals surface area contributed by atoms with Crippen molar-refractivity contribution in [3.63, 3.8) is 0 Å². The van der Waals surface area contributed by atoms with E-state index in [2.05, 4.69) is 25.3 Å². The van der Waals surface area contributed by atoms with Gasteiger partial charge in [0.1, 0.15) is 3.79 Å². The summed E-state index contributed by atoms with van der Waals surface area (Å²) in [6.45, 7) is 3.97. The topological polar surface area (TPSA) is 71.6 Å². The first-order chi connectivity index (χ1) is 7.84. The van der Waals surface area contributed by atoms with Crippen molar-refractivity contribution in [2.75, 3.05) is 14.1 Å². The van der Waals surface area contributed by atoms with E-state index < -0.39 is 0 Å². The summed E-state index contributed by atoms with van der Waals surface area (Å²) >= 11 is 4.57. The Labute approximate surface area is 113 Å². The molecule has 0 fully saturated rings. The molecule has 0 unspecified atom stereocenters. The van der Waals surface area contributed by atoms with Crippen LogP contribution in [0.2, 0.25) is 0 Å². The van der Waals surface area contributed by atoms with Gasteiger partial charge in [-0.2, -0.15) is 9.37 Å². The number of rotatable bonds is 2. The molecule has 1 aromatic heterocycles. The Kier molecular flexibility index (Phi) is 4.64. The third kappa shape index (κ3) is 3.26. The fourth-order valence-corrected chi connectivity index (χ4v) is 2.48. The molecule has 0 saturated carbocycles. The van der Waals surface area contributed by atoms with E-state index in [0.29, 0.717) is 9.35 Å². The number of guanidine groups is 1. The summed E-state index contributed by atoms with van der Waals surface area (Å²) in [6, 6.07) is 0. The molecule has 1 heterocycles. The average Bonchev–Trinajstić information content (AvgIpc) is 2.59. The maximum atomic E-state index is 12.0. The van der Waals surface area contributed by atoms with Crippen LogP contribution in [0.4, 0.5) is 0 Å². The molecule has 0 spiro atoms. The van der Waals surface area contributed by atoms with E-state index in [1.807, 2.05) is 13.8 Å². The highest BCUT2D eigenvalue weighted by atomic mass is 79.9. The molecule has 0 radical (unpaired) electrons. The van der Waals surface area contributed by atoms with Crippen LogP contribution in [0, 0.1) is 0 Å². The van der Waals surface area contributed by atoms with E-state index in [1.165, 1.54) is 11.5 Å². The normalized spacial score (nSPS) is 12.0. The van der Waals surface area contributed by atoms with Crippen molar-refractivity contribution in [1.82, 2.24) is 9.27 Å². The number of carbonyl (C=O) groups is 1. The lowest BCUT2D eigenvalue weighted by Gasteiger charge is -2.10. The Bertz CT molecular complexity index is 453. The Morgan fingerprint density at radius 2 is 2.12 bits per heavy atom. The van der Waals surface area contributed by atoms with Crippen molar-refractivity contribution in [3.8, 4) is 0 Å². The Morgan fingerprint density at radius 1 is 1.53 bits per heavy atom. The number of amides is 1. The highest BCUT2D eigenvalue weighted by Gasteiger charge is 2.21. The smallest absolute Gasteiger partial charge is 0.284 e. The maximum Gasteiger partial charge on any atom is 0.284 e. The number of hydrogen-bond donors (Lipinski definition) is 1. The molecule has 7 heteroatoms. The van der Waals surface area contributed by atoms with Gasteiger partial charge in [0, 0.05) is 14.1 Å². The van der Waals surface area contributed by atoms with Gasteiger partial charge in [-0.3, -0.25) is 4.79 Å². The molecule has 17 heavy (non-hydrogen) atoms. The number of halogens is 1. The van der Waals surface area contributed by atoms with Crippen molar-refractivity contribution in [2.24, 2.45) is 10.7 Å². The molecule has 5 nitrogen and oxygen atoms in total. The minimum Gasteiger partial charge on any atom is -0.369 e. The summed E-state index contributed by atoms with van der Waals surface area (Å²) in [7, 11) is 3.47. The molecule has 0 atom stereocenters. The lowest BCUT2D eigenvalue weighted by Crippen LogP contribution is -2.31. The summed E-state index contributed by atoms with van der Waals surface area (Å²) < 4.78 is 4.93. The van der Waals surface area contributed by atoms with E-state index >= 15 is 0 Å². The van der Waals surface area contributed by atoms with Crippen LogP contribution in [0.1, 0.15) is 35.8 Å². The van der Waals surface area contributed by atoms with Gasteiger partial charge in [-0.15, -0.1) is 0 Å². The SMILES string of the molecule is CC(C)c1nsc(Br)c1C(=O)N=C(N)N(C)C. The summed E-state index contributed by atoms with van der Waals surface area (Å²) in [5, 5.41) is 0. The number of nitrogens with zero attached hydrogens (tertiary/aromatic N) is 3. The second-order valence-electron chi connectivity index (χ2n) is 4.04. The van der Waals surface area contributed by atoms with Gasteiger partial charge in [-0.25, -0.2) is 0 Å². The molecule has 0 aliphatic rings. The minimum atomic E-state index is -0.361. The number of aromatic nitrogens is 1. The molecule has 0 aliphatic carbocycles. The second-order valence-corrected chi connectivity index (χ2v) is 6.13. The third-order valence-electron chi connectivity index (χ3n) is 2.11. The van der Waals surface area contributed by atoms with Crippen molar-refractivity contribution in [2.45, 2.75) is 19.8 Å². The zero-order valence-corrected chi connectivity index (χ0v) is 12.6. The van der Waals surface area contributed by atoms with E-state index in [4.69, 9.17) is 5.73 Å². The van der Waals surface area contributed by atoms with Crippen LogP contribution in [0.25, 0.3) is 0 Å². The first-order valence-electron chi connectivity index (χ1n) is 5.05. The minimum absolute atomic E-state index is 0.173. The number of aliphatic imine (C=N–C) groups is 1. The van der Waals surface area contributed by atoms with Gasteiger partial charge in [-0.1, -0.05) is 13.8 Å². The van der Waals surface area contributed by atoms with Gasteiger partial charge >= 0.3 is 0 Å². The van der Waals surface area contributed by atoms with Crippen LogP contribution in [-0.2, 0) is 0 Å². The van der Waals surface area contributed by atoms with Gasteiger partial charge in [0.15, 0.2) is 5.96 Å². The highest BCUT2D eigenvalue weighted by molar-refractivity contribution is 9.11. The van der Waals surface area contributed by atoms with Crippen molar-refractivity contribution in [3.05, 3.63) is 15.0 Å². The maximum absolute atomic E-state index is 12.0. The quantitative estimate of drug-likeness (QED) is 0.669. The number of nitrogens with two attached hydrogens (primary N) is 1. The first kappa shape index (κ1) is 14.1. The Hall–Kier alpha value is -0.950. The predicted octanol–water partition coefficient (Wildman–Crippen LogP) is 2.05. The van der Waals surface area contributed by atoms with Crippen molar-refractivity contribution >= 4 is 39.3 Å². The molecular formula is C10H15BrN4OS. The van der Waals surface area contributed by atoms with Crippen LogP contribution in [0.15, 0.2) is 8.78 Å². The lowest BCUT2D eigenvalue weighted by atomic mass is 10.1. The van der Waals surface area contributed by atoms with Crippen LogP contribution >= 0.6 is 27.5 Å². The summed E-state index contributed by atoms with van der Waals surface area (Å²) in [5.41, 5.74) is 6.88. The van der Waals surface area contributed by atoms with Crippen LogP contribution in [-0.4, -0.2) is 35.2 Å². The van der Waals surface area contributed by atoms with E-state index in [0.717, 1.165) is 5.69 Å². The molecule has 0 saturated heterocycles. The van der Waals surface area contributed by atoms with Gasteiger partial charge in [-0.05, 0) is 33.4 Å². The fourth-order valence-electron chi connectivity index (χ4n) is 1.13. The molecule has 94 valence electrons. The summed E-state index contributed by atoms with van der Waals surface area (Å²) in [6.07, 6.45) is 0. The highest BCUT2D eigenvalue weighted by Crippen LogP contribution is 2.30. The van der Waals surface area contributed by atoms with Gasteiger partial charge < -0.3 is 10.6 Å². The summed E-state index contributed by atoms with van der Waals surface area (Å²) in [4.78, 5) is 17.4. The number of hydrogen-bond acceptors (Lipinski definition) is 3. The predicted molar refractivity (Wildman–Crippen MR) is 73.5 cm³/mol. The number of carbonyl (C=O) groups excluding carboxylic acids is 1. The second kappa shape index (κ2) is 5.59. The lowest BCUT2D eigenvalue weighted by molar-refractivity contribution is 0.1000. The van der Waals surface area contributed by atoms with Gasteiger partial charge in [0.25, 0.3) is 5.91 Å². The Balaban J connectivity index is 3.13. The standard InChI is InChI=1S/C10H15BrN4OS/c1-5(2)7-6(8(11)17-14-7)9(16)13-10(12)15(3)4/h5H,1-4H3,(H2,12,13,16). The van der Waals surface area contributed by atoms with Crippen LogP contribution < -0.4 is 5.73 Å². The molecule has 1 rings (SSSR count). The van der Waals surface area contributed by atoms with Crippen LogP contribution in [0.3, 0.4) is 0 Å². The van der Waals surface area contributed by atoms with Gasteiger partial charge in [0.2, 0.25) is 0 Å². The Morgan fingerprint density at radius 3 is 2.59 bits per heavy atom. The zero-order chi connectivity index (χ0) is 13.2. The van der Waals surface area contributed by atoms with Crippen molar-refractivity contribution < 1.29 is 4.79 Å². The molecule has 1 amide bonds. The molecule has 0 bridgehead atoms. The van der Waals surface area contributed by atoms with Crippen LogP contribution in [0.5, 0.6) is 0 Å². The molecular weight excluding hydrogens is 304 g/mol. The third-order valence-corrected chi connectivity index (χ3v) is 3.60. The van der Waals surface area contributed by atoms with Crippen molar-refractivity contribution in [1.29, 1.82) is 0 Å². The van der Waals surface area contributed by atoms with Gasteiger partial charge in [0.05, 0.1) is 11.3 Å². The fraction of sp³-hybridized carbons (Fsp3) is 0.500. The largest absolute Gasteiger partial charge is 0.369 e. The molecule has 0 aromatic carbocycles. The summed E-state index contributed by atoms with van der Waals surface area (Å²) in [5.74, 6) is -0.00406. The van der Waals surface area contributed by atoms with E-state index in [-0.39, 0.29) is 17.8 Å². The monoisotopic (exact) mass is 318 g/mol. The first-order valence-corrected chi connectivity index (χ1v) is 6.62.